The largest absolute Gasteiger partial charge is 0.334 e. The molecule has 1 aromatic rings. The van der Waals surface area contributed by atoms with Gasteiger partial charge >= 0.3 is 6.03 Å². The van der Waals surface area contributed by atoms with Crippen LogP contribution in [0.2, 0.25) is 5.02 Å². The van der Waals surface area contributed by atoms with E-state index in [0.717, 1.165) is 0 Å². The van der Waals surface area contributed by atoms with Gasteiger partial charge in [0.2, 0.25) is 0 Å². The summed E-state index contributed by atoms with van der Waals surface area (Å²) in [6, 6.07) is 3.48. The van der Waals surface area contributed by atoms with E-state index >= 15 is 0 Å². The molecule has 1 aromatic carbocycles. The Morgan fingerprint density at radius 1 is 1.52 bits per heavy atom. The lowest BCUT2D eigenvalue weighted by molar-refractivity contribution is 0.203. The molecule has 116 valence electrons. The van der Waals surface area contributed by atoms with Crippen LogP contribution in [0.1, 0.15) is 12.0 Å². The second kappa shape index (κ2) is 6.19. The van der Waals surface area contributed by atoms with E-state index in [1.54, 1.807) is 6.07 Å². The fourth-order valence-electron chi connectivity index (χ4n) is 2.19. The Morgan fingerprint density at radius 3 is 2.81 bits per heavy atom. The average Bonchev–Trinajstić information content (AvgIpc) is 2.73. The lowest BCUT2D eigenvalue weighted by atomic mass is 10.2. The number of carbonyl (C=O) groups is 1. The highest BCUT2D eigenvalue weighted by Crippen LogP contribution is 2.20. The van der Waals surface area contributed by atoms with Crippen LogP contribution in [0, 0.1) is 5.82 Å². The van der Waals surface area contributed by atoms with E-state index in [0.29, 0.717) is 6.42 Å². The van der Waals surface area contributed by atoms with Crippen LogP contribution < -0.4 is 5.32 Å². The molecule has 1 aliphatic rings. The molecule has 5 nitrogen and oxygen atoms in total. The van der Waals surface area contributed by atoms with Crippen LogP contribution in [0.5, 0.6) is 0 Å². The van der Waals surface area contributed by atoms with E-state index < -0.39 is 21.7 Å². The summed E-state index contributed by atoms with van der Waals surface area (Å²) in [5, 5.41) is 2.88. The van der Waals surface area contributed by atoms with Gasteiger partial charge < -0.3 is 10.2 Å². The summed E-state index contributed by atoms with van der Waals surface area (Å²) < 4.78 is 36.3. The average molecular weight is 335 g/mol. The number of hydrogen-bond acceptors (Lipinski definition) is 3. The second-order valence-electron chi connectivity index (χ2n) is 5.11. The summed E-state index contributed by atoms with van der Waals surface area (Å²) in [5.74, 6) is -0.445. The zero-order valence-electron chi connectivity index (χ0n) is 11.5. The van der Waals surface area contributed by atoms with Crippen molar-refractivity contribution in [3.05, 3.63) is 34.6 Å². The molecular formula is C13H16ClFN2O3S. The van der Waals surface area contributed by atoms with Gasteiger partial charge in [0.15, 0.2) is 9.84 Å². The van der Waals surface area contributed by atoms with Crippen molar-refractivity contribution in [1.29, 1.82) is 0 Å². The van der Waals surface area contributed by atoms with Crippen molar-refractivity contribution in [2.45, 2.75) is 19.0 Å². The maximum Gasteiger partial charge on any atom is 0.317 e. The van der Waals surface area contributed by atoms with E-state index in [1.165, 1.54) is 24.1 Å². The van der Waals surface area contributed by atoms with E-state index in [-0.39, 0.29) is 34.7 Å². The molecule has 2 rings (SSSR count). The molecular weight excluding hydrogens is 319 g/mol. The summed E-state index contributed by atoms with van der Waals surface area (Å²) in [6.07, 6.45) is 0.405. The van der Waals surface area contributed by atoms with Crippen molar-refractivity contribution < 1.29 is 17.6 Å². The zero-order chi connectivity index (χ0) is 15.6. The molecule has 2 amide bonds. The third-order valence-electron chi connectivity index (χ3n) is 3.36. The van der Waals surface area contributed by atoms with Crippen molar-refractivity contribution >= 4 is 27.5 Å². The second-order valence-corrected chi connectivity index (χ2v) is 7.74. The van der Waals surface area contributed by atoms with Crippen LogP contribution in [-0.2, 0) is 16.4 Å². The Morgan fingerprint density at radius 2 is 2.24 bits per heavy atom. The van der Waals surface area contributed by atoms with Crippen LogP contribution in [0.15, 0.2) is 18.2 Å². The summed E-state index contributed by atoms with van der Waals surface area (Å²) >= 11 is 5.91. The molecule has 0 radical (unpaired) electrons. The topological polar surface area (TPSA) is 66.5 Å². The highest BCUT2D eigenvalue weighted by molar-refractivity contribution is 7.91. The minimum atomic E-state index is -3.05. The van der Waals surface area contributed by atoms with Gasteiger partial charge in [-0.25, -0.2) is 17.6 Å². The number of nitrogens with zero attached hydrogens (tertiary/aromatic N) is 1. The van der Waals surface area contributed by atoms with Crippen LogP contribution in [0.3, 0.4) is 0 Å². The minimum Gasteiger partial charge on any atom is -0.334 e. The Bertz CT molecular complexity index is 631. The molecule has 0 aliphatic carbocycles. The lowest BCUT2D eigenvalue weighted by Crippen LogP contribution is -2.43. The van der Waals surface area contributed by atoms with Crippen LogP contribution in [0.4, 0.5) is 9.18 Å². The zero-order valence-corrected chi connectivity index (χ0v) is 13.0. The molecule has 0 saturated carbocycles. The predicted octanol–water partition coefficient (Wildman–Crippen LogP) is 1.81. The van der Waals surface area contributed by atoms with E-state index in [1.807, 2.05) is 0 Å². The highest BCUT2D eigenvalue weighted by atomic mass is 35.5. The molecule has 1 fully saturated rings. The summed E-state index contributed by atoms with van der Waals surface area (Å²) in [5.41, 5.74) is 0.232. The molecule has 0 spiro atoms. The highest BCUT2D eigenvalue weighted by Gasteiger charge is 2.29. The smallest absolute Gasteiger partial charge is 0.317 e. The number of hydrogen-bond donors (Lipinski definition) is 1. The van der Waals surface area contributed by atoms with Gasteiger partial charge in [-0.3, -0.25) is 0 Å². The number of urea groups is 1. The first-order valence-electron chi connectivity index (χ1n) is 6.43. The van der Waals surface area contributed by atoms with Crippen molar-refractivity contribution in [3.63, 3.8) is 0 Å². The molecule has 1 N–H and O–H groups in total. The summed E-state index contributed by atoms with van der Waals surface area (Å²) in [7, 11) is -1.55. The normalized spacial score (nSPS) is 20.2. The number of nitrogens with one attached hydrogen (secondary N) is 1. The summed E-state index contributed by atoms with van der Waals surface area (Å²) in [4.78, 5) is 13.3. The maximum absolute atomic E-state index is 13.7. The van der Waals surface area contributed by atoms with E-state index in [2.05, 4.69) is 5.32 Å². The number of halogens is 2. The van der Waals surface area contributed by atoms with Gasteiger partial charge in [-0.05, 0) is 18.6 Å². The first-order valence-corrected chi connectivity index (χ1v) is 8.63. The fraction of sp³-hybridized carbons (Fsp3) is 0.462. The molecule has 1 heterocycles. The molecule has 8 heteroatoms. The molecule has 0 aromatic heterocycles. The van der Waals surface area contributed by atoms with Gasteiger partial charge in [-0.2, -0.15) is 0 Å². The van der Waals surface area contributed by atoms with E-state index in [4.69, 9.17) is 11.6 Å². The first kappa shape index (κ1) is 16.0. The Kier molecular flexibility index (Phi) is 4.73. The third-order valence-corrected chi connectivity index (χ3v) is 5.49. The monoisotopic (exact) mass is 334 g/mol. The number of rotatable bonds is 3. The van der Waals surface area contributed by atoms with Gasteiger partial charge in [0.05, 0.1) is 18.1 Å². The molecule has 1 saturated heterocycles. The Hall–Kier alpha value is -1.34. The van der Waals surface area contributed by atoms with Crippen molar-refractivity contribution in [3.8, 4) is 0 Å². The number of benzene rings is 1. The van der Waals surface area contributed by atoms with Gasteiger partial charge in [-0.15, -0.1) is 0 Å². The summed E-state index contributed by atoms with van der Waals surface area (Å²) in [6.45, 7) is 0.0107. The maximum atomic E-state index is 13.7. The van der Waals surface area contributed by atoms with Gasteiger partial charge in [-0.1, -0.05) is 17.7 Å². The predicted molar refractivity (Wildman–Crippen MR) is 78.5 cm³/mol. The van der Waals surface area contributed by atoms with E-state index in [9.17, 15) is 17.6 Å². The fourth-order valence-corrected chi connectivity index (χ4v) is 4.08. The van der Waals surface area contributed by atoms with Crippen LogP contribution in [0.25, 0.3) is 0 Å². The van der Waals surface area contributed by atoms with Gasteiger partial charge in [0.25, 0.3) is 0 Å². The van der Waals surface area contributed by atoms with Gasteiger partial charge in [0.1, 0.15) is 5.82 Å². The quantitative estimate of drug-likeness (QED) is 0.916. The molecule has 1 unspecified atom stereocenters. The third kappa shape index (κ3) is 4.07. The standard InChI is InChI=1S/C13H16ClFN2O3S/c1-17(7-10-11(14)3-2-4-12(10)15)13(18)16-9-5-6-21(19,20)8-9/h2-4,9H,5-8H2,1H3,(H,16,18). The van der Waals surface area contributed by atoms with Gasteiger partial charge in [0, 0.05) is 23.7 Å². The minimum absolute atomic E-state index is 0.0107. The number of sulfone groups is 1. The lowest BCUT2D eigenvalue weighted by Gasteiger charge is -2.21. The van der Waals surface area contributed by atoms with Crippen molar-refractivity contribution in [2.75, 3.05) is 18.6 Å². The Balaban J connectivity index is 1.97. The van der Waals surface area contributed by atoms with Crippen molar-refractivity contribution in [2.24, 2.45) is 0 Å². The van der Waals surface area contributed by atoms with Crippen molar-refractivity contribution in [1.82, 2.24) is 10.2 Å². The number of amides is 2. The van der Waals surface area contributed by atoms with Crippen LogP contribution in [-0.4, -0.2) is 43.9 Å². The Labute approximate surface area is 128 Å². The molecule has 0 bridgehead atoms. The molecule has 1 atom stereocenters. The van der Waals surface area contributed by atoms with Crippen LogP contribution >= 0.6 is 11.6 Å². The first-order chi connectivity index (χ1) is 9.78. The molecule has 1 aliphatic heterocycles. The molecule has 21 heavy (non-hydrogen) atoms. The SMILES string of the molecule is CN(Cc1c(F)cccc1Cl)C(=O)NC1CCS(=O)(=O)C1. The number of carbonyl (C=O) groups excluding carboxylic acids is 1.